The minimum Gasteiger partial charge on any atom is -0.327 e. The second-order valence-electron chi connectivity index (χ2n) is 2.38. The summed E-state index contributed by atoms with van der Waals surface area (Å²) in [5, 5.41) is 3.00. The molecule has 0 fully saturated rings. The molecule has 0 aromatic rings. The first-order valence-corrected chi connectivity index (χ1v) is 4.59. The number of nitrogens with two attached hydrogens (primary N) is 1. The third-order valence-corrected chi connectivity index (χ3v) is 1.22. The number of rotatable bonds is 5. The van der Waals surface area contributed by atoms with Crippen LogP contribution < -0.4 is 11.1 Å². The summed E-state index contributed by atoms with van der Waals surface area (Å²) in [6.07, 6.45) is 3.81. The summed E-state index contributed by atoms with van der Waals surface area (Å²) < 4.78 is 0. The smallest absolute Gasteiger partial charge is 0.0196 e. The SMILES string of the molecule is C=C(/C=C\C(=C)CNC)CN.CC. The van der Waals surface area contributed by atoms with Gasteiger partial charge in [0.25, 0.3) is 0 Å². The molecule has 0 amide bonds. The molecule has 2 heteroatoms. The highest BCUT2D eigenvalue weighted by Gasteiger charge is 1.85. The van der Waals surface area contributed by atoms with Gasteiger partial charge in [-0.2, -0.15) is 0 Å². The van der Waals surface area contributed by atoms with Crippen LogP contribution in [0, 0.1) is 0 Å². The Morgan fingerprint density at radius 2 is 1.69 bits per heavy atom. The lowest BCUT2D eigenvalue weighted by Gasteiger charge is -1.97. The fourth-order valence-electron chi connectivity index (χ4n) is 0.590. The predicted molar refractivity (Wildman–Crippen MR) is 61.7 cm³/mol. The van der Waals surface area contributed by atoms with Crippen LogP contribution in [0.2, 0.25) is 0 Å². The van der Waals surface area contributed by atoms with Gasteiger partial charge in [-0.3, -0.25) is 0 Å². The van der Waals surface area contributed by atoms with E-state index in [1.54, 1.807) is 0 Å². The second kappa shape index (κ2) is 11.1. The Hall–Kier alpha value is -0.860. The standard InChI is InChI=1S/C9H16N2.C2H6/c1-8(6-10)4-5-9(2)7-11-3;1-2/h4-5,11H,1-2,6-7,10H2,3H3;1-2H3/b5-4-;. The van der Waals surface area contributed by atoms with Crippen LogP contribution in [0.15, 0.2) is 36.5 Å². The van der Waals surface area contributed by atoms with Crippen molar-refractivity contribution in [3.63, 3.8) is 0 Å². The maximum atomic E-state index is 5.34. The monoisotopic (exact) mass is 182 g/mol. The lowest BCUT2D eigenvalue weighted by molar-refractivity contribution is 0.898. The fraction of sp³-hybridized carbons (Fsp3) is 0.455. The van der Waals surface area contributed by atoms with Gasteiger partial charge in [0, 0.05) is 13.1 Å². The molecule has 0 atom stereocenters. The van der Waals surface area contributed by atoms with Crippen LogP contribution in [-0.4, -0.2) is 20.1 Å². The molecule has 0 saturated carbocycles. The molecule has 2 nitrogen and oxygen atoms in total. The number of hydrogen-bond acceptors (Lipinski definition) is 2. The number of nitrogens with one attached hydrogen (secondary N) is 1. The van der Waals surface area contributed by atoms with Crippen molar-refractivity contribution < 1.29 is 0 Å². The highest BCUT2D eigenvalue weighted by molar-refractivity contribution is 5.25. The molecule has 0 rings (SSSR count). The van der Waals surface area contributed by atoms with Crippen LogP contribution in [-0.2, 0) is 0 Å². The molecule has 0 radical (unpaired) electrons. The zero-order chi connectivity index (χ0) is 10.7. The van der Waals surface area contributed by atoms with Gasteiger partial charge in [-0.1, -0.05) is 39.2 Å². The van der Waals surface area contributed by atoms with E-state index in [0.717, 1.165) is 17.7 Å². The summed E-state index contributed by atoms with van der Waals surface area (Å²) in [6, 6.07) is 0. The van der Waals surface area contributed by atoms with Gasteiger partial charge in [-0.05, 0) is 18.2 Å². The van der Waals surface area contributed by atoms with Crippen LogP contribution in [0.3, 0.4) is 0 Å². The minimum atomic E-state index is 0.503. The Kier molecular flexibility index (Phi) is 12.6. The van der Waals surface area contributed by atoms with Crippen molar-refractivity contribution in [2.45, 2.75) is 13.8 Å². The summed E-state index contributed by atoms with van der Waals surface area (Å²) in [5.74, 6) is 0. The van der Waals surface area contributed by atoms with Gasteiger partial charge in [0.1, 0.15) is 0 Å². The lowest BCUT2D eigenvalue weighted by Crippen LogP contribution is -2.08. The fourth-order valence-corrected chi connectivity index (χ4v) is 0.590. The molecule has 0 aliphatic carbocycles. The third-order valence-electron chi connectivity index (χ3n) is 1.22. The van der Waals surface area contributed by atoms with E-state index < -0.39 is 0 Å². The van der Waals surface area contributed by atoms with E-state index in [9.17, 15) is 0 Å². The van der Waals surface area contributed by atoms with Crippen LogP contribution >= 0.6 is 0 Å². The molecule has 76 valence electrons. The van der Waals surface area contributed by atoms with Crippen LogP contribution in [0.25, 0.3) is 0 Å². The quantitative estimate of drug-likeness (QED) is 0.637. The first-order chi connectivity index (χ1) is 6.20. The van der Waals surface area contributed by atoms with Gasteiger partial charge in [-0.15, -0.1) is 0 Å². The number of hydrogen-bond donors (Lipinski definition) is 2. The van der Waals surface area contributed by atoms with E-state index in [4.69, 9.17) is 5.73 Å². The normalized spacial score (nSPS) is 9.23. The molecule has 0 aromatic carbocycles. The Morgan fingerprint density at radius 1 is 1.23 bits per heavy atom. The van der Waals surface area contributed by atoms with Crippen LogP contribution in [0.1, 0.15) is 13.8 Å². The van der Waals surface area contributed by atoms with E-state index in [1.807, 2.05) is 33.0 Å². The van der Waals surface area contributed by atoms with Gasteiger partial charge in [0.2, 0.25) is 0 Å². The largest absolute Gasteiger partial charge is 0.327 e. The average Bonchev–Trinajstić information content (AvgIpc) is 2.18. The molecule has 0 aliphatic rings. The highest BCUT2D eigenvalue weighted by Crippen LogP contribution is 1.94. The number of likely N-dealkylation sites (N-methyl/N-ethyl adjacent to an activating group) is 1. The predicted octanol–water partition coefficient (Wildman–Crippen LogP) is 1.86. The van der Waals surface area contributed by atoms with E-state index in [0.29, 0.717) is 6.54 Å². The molecular weight excluding hydrogens is 160 g/mol. The zero-order valence-electron chi connectivity index (χ0n) is 9.06. The molecule has 0 aromatic heterocycles. The van der Waals surface area contributed by atoms with Gasteiger partial charge in [-0.25, -0.2) is 0 Å². The van der Waals surface area contributed by atoms with E-state index >= 15 is 0 Å². The van der Waals surface area contributed by atoms with E-state index in [-0.39, 0.29) is 0 Å². The Balaban J connectivity index is 0. The van der Waals surface area contributed by atoms with Crippen molar-refractivity contribution in [1.29, 1.82) is 0 Å². The van der Waals surface area contributed by atoms with Crippen molar-refractivity contribution in [1.82, 2.24) is 5.32 Å². The average molecular weight is 182 g/mol. The van der Waals surface area contributed by atoms with Crippen molar-refractivity contribution in [3.05, 3.63) is 36.5 Å². The summed E-state index contributed by atoms with van der Waals surface area (Å²) in [6.45, 7) is 12.9. The van der Waals surface area contributed by atoms with E-state index in [2.05, 4.69) is 18.5 Å². The summed E-state index contributed by atoms with van der Waals surface area (Å²) in [5.41, 5.74) is 7.28. The van der Waals surface area contributed by atoms with Gasteiger partial charge in [0.05, 0.1) is 0 Å². The molecule has 3 N–H and O–H groups in total. The Labute approximate surface area is 82.2 Å². The maximum Gasteiger partial charge on any atom is 0.0196 e. The third kappa shape index (κ3) is 11.1. The summed E-state index contributed by atoms with van der Waals surface area (Å²) in [4.78, 5) is 0. The van der Waals surface area contributed by atoms with Crippen molar-refractivity contribution in [2.75, 3.05) is 20.1 Å². The first-order valence-electron chi connectivity index (χ1n) is 4.59. The van der Waals surface area contributed by atoms with Crippen molar-refractivity contribution >= 4 is 0 Å². The van der Waals surface area contributed by atoms with Gasteiger partial charge in [0.15, 0.2) is 0 Å². The molecule has 0 saturated heterocycles. The van der Waals surface area contributed by atoms with Crippen LogP contribution in [0.4, 0.5) is 0 Å². The van der Waals surface area contributed by atoms with Crippen molar-refractivity contribution in [3.8, 4) is 0 Å². The Bertz CT molecular complexity index is 169. The molecule has 13 heavy (non-hydrogen) atoms. The molecule has 0 bridgehead atoms. The Morgan fingerprint density at radius 3 is 2.08 bits per heavy atom. The zero-order valence-corrected chi connectivity index (χ0v) is 9.06. The molecule has 0 unspecified atom stereocenters. The molecule has 0 aliphatic heterocycles. The molecule has 0 heterocycles. The lowest BCUT2D eigenvalue weighted by atomic mass is 10.2. The summed E-state index contributed by atoms with van der Waals surface area (Å²) in [7, 11) is 1.89. The van der Waals surface area contributed by atoms with Crippen molar-refractivity contribution in [2.24, 2.45) is 5.73 Å². The maximum absolute atomic E-state index is 5.34. The summed E-state index contributed by atoms with van der Waals surface area (Å²) >= 11 is 0. The second-order valence-corrected chi connectivity index (χ2v) is 2.38. The topological polar surface area (TPSA) is 38.0 Å². The first kappa shape index (κ1) is 14.7. The molecule has 0 spiro atoms. The van der Waals surface area contributed by atoms with Gasteiger partial charge < -0.3 is 11.1 Å². The molecular formula is C11H22N2. The van der Waals surface area contributed by atoms with Gasteiger partial charge >= 0.3 is 0 Å². The minimum absolute atomic E-state index is 0.503. The highest BCUT2D eigenvalue weighted by atomic mass is 14.8. The van der Waals surface area contributed by atoms with Crippen LogP contribution in [0.5, 0.6) is 0 Å². The van der Waals surface area contributed by atoms with E-state index in [1.165, 1.54) is 0 Å².